The summed E-state index contributed by atoms with van der Waals surface area (Å²) in [6, 6.07) is 33.1. The van der Waals surface area contributed by atoms with Crippen molar-refractivity contribution in [2.45, 2.75) is 25.5 Å². The Morgan fingerprint density at radius 2 is 1.32 bits per heavy atom. The molecular formula is C36H34N6O5. The fourth-order valence-electron chi connectivity index (χ4n) is 4.70. The summed E-state index contributed by atoms with van der Waals surface area (Å²) in [4.78, 5) is 49.5. The zero-order valence-corrected chi connectivity index (χ0v) is 25.6. The van der Waals surface area contributed by atoms with Crippen molar-refractivity contribution >= 4 is 35.0 Å². The number of aliphatic hydroxyl groups excluding tert-OH is 1. The third-order valence-corrected chi connectivity index (χ3v) is 7.28. The van der Waals surface area contributed by atoms with Crippen LogP contribution in [0, 0.1) is 0 Å². The van der Waals surface area contributed by atoms with Crippen molar-refractivity contribution in [3.05, 3.63) is 126 Å². The fourth-order valence-corrected chi connectivity index (χ4v) is 4.70. The smallest absolute Gasteiger partial charge is 0.254 e. The molecule has 1 heterocycles. The van der Waals surface area contributed by atoms with Gasteiger partial charge in [0.25, 0.3) is 5.91 Å². The number of hydrogen-bond donors (Lipinski definition) is 6. The van der Waals surface area contributed by atoms with Crippen LogP contribution < -0.4 is 21.3 Å². The number of amides is 4. The summed E-state index contributed by atoms with van der Waals surface area (Å²) in [5.74, 6) is -1.65. The molecule has 11 nitrogen and oxygen atoms in total. The molecule has 47 heavy (non-hydrogen) atoms. The number of carbonyl (C=O) groups excluding carboxylic acids is 4. The molecule has 2 atom stereocenters. The molecule has 5 rings (SSSR count). The average Bonchev–Trinajstić information content (AvgIpc) is 3.59. The Bertz CT molecular complexity index is 1820. The van der Waals surface area contributed by atoms with Gasteiger partial charge < -0.3 is 26.4 Å². The number of hydrogen-bond acceptors (Lipinski definition) is 6. The zero-order valence-electron chi connectivity index (χ0n) is 25.6. The number of aromatic nitrogens is 2. The number of anilines is 2. The first-order chi connectivity index (χ1) is 22.7. The van der Waals surface area contributed by atoms with Crippen molar-refractivity contribution in [3.63, 3.8) is 0 Å². The molecule has 0 radical (unpaired) electrons. The number of nitrogens with zero attached hydrogens (tertiary/aromatic N) is 1. The maximum absolute atomic E-state index is 12.7. The Morgan fingerprint density at radius 1 is 0.723 bits per heavy atom. The topological polar surface area (TPSA) is 165 Å². The Kier molecular flexibility index (Phi) is 10.5. The van der Waals surface area contributed by atoms with Crippen LogP contribution in [0.1, 0.15) is 24.2 Å². The minimum absolute atomic E-state index is 0.131. The van der Waals surface area contributed by atoms with Crippen LogP contribution in [0.3, 0.4) is 0 Å². The van der Waals surface area contributed by atoms with Crippen molar-refractivity contribution in [3.8, 4) is 22.5 Å². The number of H-pyrrole nitrogens is 1. The molecule has 0 aliphatic heterocycles. The third-order valence-electron chi connectivity index (χ3n) is 7.28. The standard InChI is InChI=1S/C36H34N6O5/c1-23(38-36(47)34(45)27-10-6-3-7-11-27)35(46)40-29-18-14-26(15-19-29)31-21-30(41-42-31)25-12-16-28(17-13-25)39-33(44)22-37-32(43)20-24-8-4-2-5-9-24/h2-19,21,23,34,45H,20,22H2,1H3,(H,37,43)(H,38,47)(H,39,44)(H,40,46)(H,41,42)/t23-,34-/m0/s1. The molecule has 1 aromatic heterocycles. The highest BCUT2D eigenvalue weighted by atomic mass is 16.3. The molecule has 0 saturated carbocycles. The van der Waals surface area contributed by atoms with E-state index < -0.39 is 24.0 Å². The number of carbonyl (C=O) groups is 4. The molecule has 0 unspecified atom stereocenters. The Balaban J connectivity index is 1.09. The molecule has 0 fully saturated rings. The summed E-state index contributed by atoms with van der Waals surface area (Å²) in [7, 11) is 0. The number of nitrogens with one attached hydrogen (secondary N) is 5. The van der Waals surface area contributed by atoms with Gasteiger partial charge in [0.1, 0.15) is 6.04 Å². The van der Waals surface area contributed by atoms with E-state index in [0.717, 1.165) is 22.4 Å². The summed E-state index contributed by atoms with van der Waals surface area (Å²) in [6.07, 6.45) is -1.17. The first-order valence-electron chi connectivity index (χ1n) is 15.0. The van der Waals surface area contributed by atoms with Gasteiger partial charge in [-0.1, -0.05) is 84.9 Å². The lowest BCUT2D eigenvalue weighted by Gasteiger charge is -2.17. The second-order valence-electron chi connectivity index (χ2n) is 10.8. The van der Waals surface area contributed by atoms with E-state index in [9.17, 15) is 24.3 Å². The van der Waals surface area contributed by atoms with E-state index >= 15 is 0 Å². The average molecular weight is 631 g/mol. The first-order valence-corrected chi connectivity index (χ1v) is 15.0. The predicted octanol–water partition coefficient (Wildman–Crippen LogP) is 4.22. The molecule has 0 aliphatic rings. The normalized spacial score (nSPS) is 12.0. The Labute approximate surface area is 271 Å². The van der Waals surface area contributed by atoms with Gasteiger partial charge >= 0.3 is 0 Å². The van der Waals surface area contributed by atoms with Crippen molar-refractivity contribution in [1.82, 2.24) is 20.8 Å². The van der Waals surface area contributed by atoms with E-state index in [1.807, 2.05) is 60.7 Å². The summed E-state index contributed by atoms with van der Waals surface area (Å²) >= 11 is 0. The lowest BCUT2D eigenvalue weighted by molar-refractivity contribution is -0.132. The highest BCUT2D eigenvalue weighted by Gasteiger charge is 2.22. The minimum Gasteiger partial charge on any atom is -0.378 e. The number of rotatable bonds is 12. The Hall–Kier alpha value is -6.07. The number of aliphatic hydroxyl groups is 1. The lowest BCUT2D eigenvalue weighted by Crippen LogP contribution is -2.43. The van der Waals surface area contributed by atoms with Crippen LogP contribution in [0.4, 0.5) is 11.4 Å². The van der Waals surface area contributed by atoms with Gasteiger partial charge in [0, 0.05) is 16.9 Å². The van der Waals surface area contributed by atoms with E-state index in [1.165, 1.54) is 0 Å². The van der Waals surface area contributed by atoms with E-state index in [-0.39, 0.29) is 24.8 Å². The molecule has 0 saturated heterocycles. The molecule has 0 aliphatic carbocycles. The molecular weight excluding hydrogens is 596 g/mol. The maximum atomic E-state index is 12.7. The van der Waals surface area contributed by atoms with Crippen LogP contribution in [0.2, 0.25) is 0 Å². The summed E-state index contributed by atoms with van der Waals surface area (Å²) < 4.78 is 0. The van der Waals surface area contributed by atoms with Crippen LogP contribution in [0.25, 0.3) is 22.5 Å². The monoisotopic (exact) mass is 630 g/mol. The van der Waals surface area contributed by atoms with E-state index in [0.29, 0.717) is 22.6 Å². The third kappa shape index (κ3) is 8.99. The lowest BCUT2D eigenvalue weighted by atomic mass is 10.1. The van der Waals surface area contributed by atoms with Crippen molar-refractivity contribution in [2.24, 2.45) is 0 Å². The van der Waals surface area contributed by atoms with Crippen LogP contribution in [0.5, 0.6) is 0 Å². The number of benzene rings is 4. The molecule has 0 spiro atoms. The van der Waals surface area contributed by atoms with Crippen molar-refractivity contribution < 1.29 is 24.3 Å². The van der Waals surface area contributed by atoms with Crippen molar-refractivity contribution in [2.75, 3.05) is 17.2 Å². The Morgan fingerprint density at radius 3 is 1.98 bits per heavy atom. The van der Waals surface area contributed by atoms with Gasteiger partial charge in [-0.25, -0.2) is 0 Å². The molecule has 0 bridgehead atoms. The van der Waals surface area contributed by atoms with E-state index in [1.54, 1.807) is 61.5 Å². The van der Waals surface area contributed by atoms with Crippen LogP contribution in [-0.2, 0) is 25.6 Å². The second kappa shape index (κ2) is 15.3. The largest absolute Gasteiger partial charge is 0.378 e. The molecule has 5 aromatic rings. The first kappa shape index (κ1) is 32.3. The maximum Gasteiger partial charge on any atom is 0.254 e. The van der Waals surface area contributed by atoms with Gasteiger partial charge in [-0.3, -0.25) is 24.3 Å². The highest BCUT2D eigenvalue weighted by Crippen LogP contribution is 2.26. The minimum atomic E-state index is -1.38. The SMILES string of the molecule is C[C@H](NC(=O)[C@@H](O)c1ccccc1)C(=O)Nc1ccc(-c2cc(-c3ccc(NC(=O)CNC(=O)Cc4ccccc4)cc3)[nH]n2)cc1. The quantitative estimate of drug-likeness (QED) is 0.121. The predicted molar refractivity (Wildman–Crippen MR) is 179 cm³/mol. The molecule has 11 heteroatoms. The molecule has 6 N–H and O–H groups in total. The van der Waals surface area contributed by atoms with Crippen molar-refractivity contribution in [1.29, 1.82) is 0 Å². The number of aromatic amines is 1. The van der Waals surface area contributed by atoms with Gasteiger partial charge in [0.05, 0.1) is 24.4 Å². The van der Waals surface area contributed by atoms with Crippen LogP contribution >= 0.6 is 0 Å². The van der Waals surface area contributed by atoms with Gasteiger partial charge in [0.15, 0.2) is 6.10 Å². The van der Waals surface area contributed by atoms with Gasteiger partial charge in [-0.05, 0) is 53.9 Å². The van der Waals surface area contributed by atoms with Crippen LogP contribution in [-0.4, -0.2) is 51.5 Å². The van der Waals surface area contributed by atoms with E-state index in [4.69, 9.17) is 0 Å². The molecule has 4 aromatic carbocycles. The van der Waals surface area contributed by atoms with Gasteiger partial charge in [0.2, 0.25) is 17.7 Å². The fraction of sp³-hybridized carbons (Fsp3) is 0.139. The molecule has 4 amide bonds. The summed E-state index contributed by atoms with van der Waals surface area (Å²) in [5, 5.41) is 28.4. The second-order valence-corrected chi connectivity index (χ2v) is 10.8. The van der Waals surface area contributed by atoms with Crippen LogP contribution in [0.15, 0.2) is 115 Å². The highest BCUT2D eigenvalue weighted by molar-refractivity contribution is 5.98. The van der Waals surface area contributed by atoms with E-state index in [2.05, 4.69) is 31.5 Å². The summed E-state index contributed by atoms with van der Waals surface area (Å²) in [6.45, 7) is 1.41. The van der Waals surface area contributed by atoms with Gasteiger partial charge in [-0.2, -0.15) is 5.10 Å². The van der Waals surface area contributed by atoms with Gasteiger partial charge in [-0.15, -0.1) is 0 Å². The summed E-state index contributed by atoms with van der Waals surface area (Å²) in [5.41, 5.74) is 5.57. The zero-order chi connectivity index (χ0) is 33.2. The molecule has 238 valence electrons.